The molecule has 0 spiro atoms. The Labute approximate surface area is 159 Å². The Morgan fingerprint density at radius 1 is 1.19 bits per heavy atom. The van der Waals surface area contributed by atoms with Crippen LogP contribution in [0.4, 0.5) is 11.6 Å². The Morgan fingerprint density at radius 2 is 2.04 bits per heavy atom. The number of hydrogen-bond acceptors (Lipinski definition) is 6. The molecule has 0 bridgehead atoms. The molecule has 3 heterocycles. The van der Waals surface area contributed by atoms with Gasteiger partial charge in [-0.05, 0) is 37.1 Å². The van der Waals surface area contributed by atoms with Crippen molar-refractivity contribution in [1.29, 1.82) is 5.26 Å². The molecule has 0 amide bonds. The minimum Gasteiger partial charge on any atom is -0.355 e. The van der Waals surface area contributed by atoms with E-state index in [4.69, 9.17) is 5.26 Å². The average molecular weight is 386 g/mol. The minimum atomic E-state index is -3.67. The molecule has 0 unspecified atom stereocenters. The third-order valence-corrected chi connectivity index (χ3v) is 5.91. The van der Waals surface area contributed by atoms with E-state index >= 15 is 0 Å². The van der Waals surface area contributed by atoms with Crippen molar-refractivity contribution in [2.75, 3.05) is 35.8 Å². The SMILES string of the molecule is CCc1cccc(NS(=O)(=O)N2CCCN(c3ccc(C#N)cn3)CC2)n1. The Morgan fingerprint density at radius 3 is 2.74 bits per heavy atom. The highest BCUT2D eigenvalue weighted by Gasteiger charge is 2.26. The topological polar surface area (TPSA) is 102 Å². The first-order valence-electron chi connectivity index (χ1n) is 8.87. The summed E-state index contributed by atoms with van der Waals surface area (Å²) in [4.78, 5) is 10.6. The molecule has 0 saturated carbocycles. The molecule has 1 aliphatic rings. The lowest BCUT2D eigenvalue weighted by Gasteiger charge is -2.22. The summed E-state index contributed by atoms with van der Waals surface area (Å²) < 4.78 is 29.5. The van der Waals surface area contributed by atoms with E-state index in [1.54, 1.807) is 24.3 Å². The number of anilines is 2. The molecule has 1 aliphatic heterocycles. The molecule has 3 rings (SSSR count). The molecule has 1 fully saturated rings. The Balaban J connectivity index is 1.67. The highest BCUT2D eigenvalue weighted by molar-refractivity contribution is 7.90. The number of aromatic nitrogens is 2. The second kappa shape index (κ2) is 8.33. The molecule has 0 aromatic carbocycles. The molecule has 142 valence electrons. The van der Waals surface area contributed by atoms with Gasteiger partial charge < -0.3 is 4.90 Å². The maximum atomic E-state index is 12.7. The summed E-state index contributed by atoms with van der Waals surface area (Å²) in [6.45, 7) is 3.98. The van der Waals surface area contributed by atoms with Gasteiger partial charge in [0.15, 0.2) is 0 Å². The second-order valence-corrected chi connectivity index (χ2v) is 7.90. The zero-order chi connectivity index (χ0) is 19.3. The van der Waals surface area contributed by atoms with Crippen molar-refractivity contribution in [3.05, 3.63) is 47.8 Å². The first kappa shape index (κ1) is 19.1. The van der Waals surface area contributed by atoms with E-state index in [0.29, 0.717) is 44.0 Å². The molecule has 1 N–H and O–H groups in total. The minimum absolute atomic E-state index is 0.337. The summed E-state index contributed by atoms with van der Waals surface area (Å²) in [6.07, 6.45) is 2.96. The van der Waals surface area contributed by atoms with Crippen LogP contribution >= 0.6 is 0 Å². The monoisotopic (exact) mass is 386 g/mol. The highest BCUT2D eigenvalue weighted by atomic mass is 32.2. The molecule has 0 aliphatic carbocycles. The van der Waals surface area contributed by atoms with Crippen LogP contribution in [0.3, 0.4) is 0 Å². The van der Waals surface area contributed by atoms with Crippen molar-refractivity contribution in [3.8, 4) is 6.07 Å². The van der Waals surface area contributed by atoms with Crippen LogP contribution in [0.2, 0.25) is 0 Å². The van der Waals surface area contributed by atoms with Gasteiger partial charge in [0.05, 0.1) is 5.56 Å². The maximum Gasteiger partial charge on any atom is 0.302 e. The van der Waals surface area contributed by atoms with Crippen molar-refractivity contribution >= 4 is 21.8 Å². The number of hydrogen-bond donors (Lipinski definition) is 1. The molecule has 8 nitrogen and oxygen atoms in total. The summed E-state index contributed by atoms with van der Waals surface area (Å²) in [7, 11) is -3.67. The van der Waals surface area contributed by atoms with E-state index in [9.17, 15) is 8.42 Å². The number of nitriles is 1. The van der Waals surface area contributed by atoms with Crippen LogP contribution in [-0.2, 0) is 16.6 Å². The largest absolute Gasteiger partial charge is 0.355 e. The smallest absolute Gasteiger partial charge is 0.302 e. The Bertz CT molecular complexity index is 924. The summed E-state index contributed by atoms with van der Waals surface area (Å²) in [5.74, 6) is 1.09. The number of rotatable bonds is 5. The normalized spacial score (nSPS) is 15.8. The second-order valence-electron chi connectivity index (χ2n) is 6.23. The van der Waals surface area contributed by atoms with Crippen LogP contribution in [0.15, 0.2) is 36.5 Å². The Kier molecular flexibility index (Phi) is 5.88. The van der Waals surface area contributed by atoms with Gasteiger partial charge in [-0.2, -0.15) is 18.0 Å². The molecular weight excluding hydrogens is 364 g/mol. The summed E-state index contributed by atoms with van der Waals surface area (Å²) in [6, 6.07) is 10.9. The maximum absolute atomic E-state index is 12.7. The van der Waals surface area contributed by atoms with Gasteiger partial charge in [-0.15, -0.1) is 0 Å². The summed E-state index contributed by atoms with van der Waals surface area (Å²) >= 11 is 0. The zero-order valence-electron chi connectivity index (χ0n) is 15.2. The summed E-state index contributed by atoms with van der Waals surface area (Å²) in [5, 5.41) is 8.87. The van der Waals surface area contributed by atoms with Crippen molar-refractivity contribution < 1.29 is 8.42 Å². The fourth-order valence-electron chi connectivity index (χ4n) is 2.93. The molecule has 0 atom stereocenters. The molecule has 2 aromatic heterocycles. The number of nitrogens with zero attached hydrogens (tertiary/aromatic N) is 5. The van der Waals surface area contributed by atoms with Crippen molar-refractivity contribution in [2.45, 2.75) is 19.8 Å². The van der Waals surface area contributed by atoms with Gasteiger partial charge in [-0.1, -0.05) is 13.0 Å². The zero-order valence-corrected chi connectivity index (χ0v) is 16.0. The average Bonchev–Trinajstić information content (AvgIpc) is 2.95. The molecule has 2 aromatic rings. The standard InChI is InChI=1S/C18H22N6O2S/c1-2-16-5-3-6-17(21-16)22-27(25,26)24-10-4-9-23(11-12-24)18-8-7-15(13-19)14-20-18/h3,5-8,14H,2,4,9-12H2,1H3,(H,21,22). The molecule has 9 heteroatoms. The lowest BCUT2D eigenvalue weighted by Crippen LogP contribution is -2.39. The number of nitrogens with one attached hydrogen (secondary N) is 1. The summed E-state index contributed by atoms with van der Waals surface area (Å²) in [5.41, 5.74) is 1.34. The van der Waals surface area contributed by atoms with Gasteiger partial charge >= 0.3 is 10.2 Å². The van der Waals surface area contributed by atoms with E-state index in [1.807, 2.05) is 24.0 Å². The van der Waals surface area contributed by atoms with Gasteiger partial charge in [0, 0.05) is 38.1 Å². The van der Waals surface area contributed by atoms with Crippen LogP contribution in [0.25, 0.3) is 0 Å². The Hall–Kier alpha value is -2.70. The van der Waals surface area contributed by atoms with E-state index in [2.05, 4.69) is 14.7 Å². The van der Waals surface area contributed by atoms with Gasteiger partial charge in [0.2, 0.25) is 0 Å². The molecule has 0 radical (unpaired) electrons. The lowest BCUT2D eigenvalue weighted by molar-refractivity contribution is 0.437. The van der Waals surface area contributed by atoms with Crippen molar-refractivity contribution in [2.24, 2.45) is 0 Å². The van der Waals surface area contributed by atoms with Crippen LogP contribution < -0.4 is 9.62 Å². The predicted octanol–water partition coefficient (Wildman–Crippen LogP) is 1.78. The van der Waals surface area contributed by atoms with E-state index in [-0.39, 0.29) is 0 Å². The third kappa shape index (κ3) is 4.72. The molecule has 1 saturated heterocycles. The van der Waals surface area contributed by atoms with Crippen LogP contribution in [0, 0.1) is 11.3 Å². The lowest BCUT2D eigenvalue weighted by atomic mass is 10.3. The van der Waals surface area contributed by atoms with Crippen LogP contribution in [-0.4, -0.2) is 48.9 Å². The first-order valence-corrected chi connectivity index (χ1v) is 10.3. The van der Waals surface area contributed by atoms with E-state index in [1.165, 1.54) is 10.5 Å². The van der Waals surface area contributed by atoms with Crippen LogP contribution in [0.1, 0.15) is 24.6 Å². The number of aryl methyl sites for hydroxylation is 1. The predicted molar refractivity (Wildman–Crippen MR) is 104 cm³/mol. The fourth-order valence-corrected chi connectivity index (χ4v) is 4.13. The van der Waals surface area contributed by atoms with Crippen LogP contribution in [0.5, 0.6) is 0 Å². The van der Waals surface area contributed by atoms with E-state index < -0.39 is 10.2 Å². The van der Waals surface area contributed by atoms with Gasteiger partial charge in [0.25, 0.3) is 0 Å². The molecular formula is C18H22N6O2S. The van der Waals surface area contributed by atoms with Gasteiger partial charge in [-0.3, -0.25) is 4.72 Å². The molecule has 27 heavy (non-hydrogen) atoms. The fraction of sp³-hybridized carbons (Fsp3) is 0.389. The quantitative estimate of drug-likeness (QED) is 0.840. The first-order chi connectivity index (χ1) is 13.0. The highest BCUT2D eigenvalue weighted by Crippen LogP contribution is 2.17. The third-order valence-electron chi connectivity index (χ3n) is 4.40. The van der Waals surface area contributed by atoms with Gasteiger partial charge in [0.1, 0.15) is 17.7 Å². The number of pyridine rings is 2. The van der Waals surface area contributed by atoms with Crippen molar-refractivity contribution in [1.82, 2.24) is 14.3 Å². The van der Waals surface area contributed by atoms with Crippen molar-refractivity contribution in [3.63, 3.8) is 0 Å². The van der Waals surface area contributed by atoms with Gasteiger partial charge in [-0.25, -0.2) is 9.97 Å². The van der Waals surface area contributed by atoms with E-state index in [0.717, 1.165) is 17.9 Å².